The van der Waals surface area contributed by atoms with E-state index < -0.39 is 178 Å². The summed E-state index contributed by atoms with van der Waals surface area (Å²) in [5.74, 6) is -6.58. The van der Waals surface area contributed by atoms with E-state index in [-0.39, 0.29) is 6.61 Å². The van der Waals surface area contributed by atoms with Crippen molar-refractivity contribution in [3.8, 4) is 0 Å². The molecule has 27 heteroatoms. The van der Waals surface area contributed by atoms with Crippen molar-refractivity contribution < 1.29 is 133 Å². The van der Waals surface area contributed by atoms with Gasteiger partial charge in [0.15, 0.2) is 42.4 Å². The van der Waals surface area contributed by atoms with Gasteiger partial charge < -0.3 is 128 Å². The summed E-state index contributed by atoms with van der Waals surface area (Å²) in [7, 11) is 3.41. The number of aliphatic hydroxyl groups excluding tert-OH is 13. The molecule has 0 aliphatic carbocycles. The molecule has 0 aromatic carbocycles. The molecular weight excluding hydrogens is 840 g/mol. The van der Waals surface area contributed by atoms with E-state index in [4.69, 9.17) is 61.9 Å². The second-order valence-electron chi connectivity index (χ2n) is 14.2. The molecule has 0 amide bonds. The molecule has 4 aliphatic heterocycles. The van der Waals surface area contributed by atoms with Gasteiger partial charge in [-0.15, -0.1) is 0 Å². The quantitative estimate of drug-likeness (QED) is 0.0399. The minimum Gasteiger partial charge on any atom is -0.506 e. The molecule has 61 heavy (non-hydrogen) atoms. The minimum absolute atomic E-state index is 0.247. The monoisotopic (exact) mass is 896 g/mol. The fraction of sp³-hybridized carbons (Fsp3) is 0.853. The number of ether oxygens (including phenoxy) is 12. The number of carboxylic acids is 1. The zero-order chi connectivity index (χ0) is 45.5. The molecular formula is C34H56O27. The van der Waals surface area contributed by atoms with Crippen LogP contribution in [0.15, 0.2) is 23.0 Å². The highest BCUT2D eigenvalue weighted by atomic mass is 16.8. The first-order valence-electron chi connectivity index (χ1n) is 18.7. The average Bonchev–Trinajstić information content (AvgIpc) is 3.51. The van der Waals surface area contributed by atoms with Gasteiger partial charge in [0.1, 0.15) is 85.5 Å². The predicted molar refractivity (Wildman–Crippen MR) is 188 cm³/mol. The highest BCUT2D eigenvalue weighted by molar-refractivity contribution is 5.67. The van der Waals surface area contributed by atoms with Gasteiger partial charge in [0.2, 0.25) is 12.0 Å². The third kappa shape index (κ3) is 12.1. The standard InChI is InChI=1S/C34H56O27/c1-10(17(38)28(30(49)57-14-8-53-31(52-4)23(44)21(14)42)60-29(48)22(43)18(39)11(50-2)5-16(36)37)56-33-26(47)27(61-34-25(46)19(40)12(6-35)58-34)15(9-55-33)59-32-24(45)20(41)13(51-3)7-54-32/h10-15,19-21,23-27,29-35,38-49H,5-9H2,1-4H3,(H,36,37)/b22-18+,28-17-/t10-,11-,12+,13-,14-,15-,19?,20?,21?,23?,24?,25?,26?,27?,29-,30+,31-,32+,33+,34+/m1/s1. The van der Waals surface area contributed by atoms with Crippen LogP contribution in [0.5, 0.6) is 0 Å². The number of rotatable bonds is 20. The van der Waals surface area contributed by atoms with E-state index in [1.807, 2.05) is 0 Å². The van der Waals surface area contributed by atoms with E-state index in [1.165, 1.54) is 14.2 Å². The van der Waals surface area contributed by atoms with E-state index in [0.717, 1.165) is 14.0 Å². The third-order valence-electron chi connectivity index (χ3n) is 10.1. The van der Waals surface area contributed by atoms with Crippen LogP contribution in [0, 0.1) is 0 Å². The summed E-state index contributed by atoms with van der Waals surface area (Å²) in [6.07, 6.45) is -35.3. The molecule has 354 valence electrons. The van der Waals surface area contributed by atoms with Crippen LogP contribution in [0.2, 0.25) is 0 Å². The molecule has 0 aromatic heterocycles. The van der Waals surface area contributed by atoms with Gasteiger partial charge in [0.25, 0.3) is 6.29 Å². The summed E-state index contributed by atoms with van der Waals surface area (Å²) in [6, 6.07) is 0. The van der Waals surface area contributed by atoms with Gasteiger partial charge in [-0.25, -0.2) is 0 Å². The lowest BCUT2D eigenvalue weighted by molar-refractivity contribution is -0.351. The number of methoxy groups -OCH3 is 3. The van der Waals surface area contributed by atoms with Crippen LogP contribution in [-0.2, 0) is 61.6 Å². The lowest BCUT2D eigenvalue weighted by Crippen LogP contribution is -2.61. The van der Waals surface area contributed by atoms with Crippen LogP contribution in [0.3, 0.4) is 0 Å². The Labute approximate surface area is 346 Å². The Bertz CT molecular complexity index is 1450. The number of hydrogen-bond acceptors (Lipinski definition) is 26. The highest BCUT2D eigenvalue weighted by Gasteiger charge is 2.51. The Kier molecular flexibility index (Phi) is 19.0. The van der Waals surface area contributed by atoms with E-state index in [0.29, 0.717) is 0 Å². The fourth-order valence-electron chi connectivity index (χ4n) is 6.51. The largest absolute Gasteiger partial charge is 0.506 e. The second kappa shape index (κ2) is 22.8. The molecule has 4 saturated heterocycles. The summed E-state index contributed by atoms with van der Waals surface area (Å²) < 4.78 is 64.4. The Morgan fingerprint density at radius 3 is 1.79 bits per heavy atom. The average molecular weight is 897 g/mol. The number of aliphatic hydroxyl groups is 13. The maximum absolute atomic E-state index is 11.6. The van der Waals surface area contributed by atoms with Crippen molar-refractivity contribution in [2.24, 2.45) is 0 Å². The summed E-state index contributed by atoms with van der Waals surface area (Å²) in [5, 5.41) is 147. The van der Waals surface area contributed by atoms with Gasteiger partial charge in [0, 0.05) is 21.3 Å². The van der Waals surface area contributed by atoms with E-state index in [1.54, 1.807) is 0 Å². The number of hydrogen-bond donors (Lipinski definition) is 14. The van der Waals surface area contributed by atoms with Crippen LogP contribution in [0.4, 0.5) is 0 Å². The first kappa shape index (κ1) is 50.9. The van der Waals surface area contributed by atoms with Gasteiger partial charge >= 0.3 is 5.97 Å². The zero-order valence-electron chi connectivity index (χ0n) is 33.2. The molecule has 4 fully saturated rings. The first-order valence-corrected chi connectivity index (χ1v) is 18.7. The van der Waals surface area contributed by atoms with Crippen LogP contribution >= 0.6 is 0 Å². The Balaban J connectivity index is 1.62. The van der Waals surface area contributed by atoms with E-state index >= 15 is 0 Å². The zero-order valence-corrected chi connectivity index (χ0v) is 33.2. The molecule has 0 radical (unpaired) electrons. The van der Waals surface area contributed by atoms with Gasteiger partial charge in [-0.1, -0.05) is 0 Å². The molecule has 0 aromatic rings. The highest BCUT2D eigenvalue weighted by Crippen LogP contribution is 2.33. The maximum Gasteiger partial charge on any atom is 0.306 e. The molecule has 0 bridgehead atoms. The molecule has 8 unspecified atom stereocenters. The van der Waals surface area contributed by atoms with Gasteiger partial charge in [0.05, 0.1) is 32.8 Å². The third-order valence-corrected chi connectivity index (χ3v) is 10.1. The van der Waals surface area contributed by atoms with E-state index in [2.05, 4.69) is 0 Å². The number of carbonyl (C=O) groups is 1. The number of carboxylic acid groups (broad SMARTS) is 1. The van der Waals surface area contributed by atoms with Crippen molar-refractivity contribution in [2.75, 3.05) is 47.8 Å². The number of aliphatic carboxylic acids is 1. The molecule has 4 rings (SSSR count). The first-order chi connectivity index (χ1) is 28.8. The maximum atomic E-state index is 11.6. The van der Waals surface area contributed by atoms with E-state index in [9.17, 15) is 71.2 Å². The minimum atomic E-state index is -2.72. The SMILES string of the molecule is CO[C@@H]1OC[C@@H](O[C@H](O)/C(O[C@@H](O)/C(O)=C(\O)[C@@H](CC(=O)O)OC)=C(/O)[C@@H](C)O[C@@H]2OC[C@@H](O[C@@H]3OC[C@@H](OC)C(O)C3O)C(O[C@@H]3O[C@@H](CO)C(O)C3O)C2O)C(O)C1O. The second-order valence-corrected chi connectivity index (χ2v) is 14.2. The normalized spacial score (nSPS) is 40.0. The summed E-state index contributed by atoms with van der Waals surface area (Å²) in [4.78, 5) is 11.2. The van der Waals surface area contributed by atoms with Crippen LogP contribution < -0.4 is 0 Å². The van der Waals surface area contributed by atoms with Crippen LogP contribution in [-0.4, -0.2) is 248 Å². The van der Waals surface area contributed by atoms with Crippen LogP contribution in [0.25, 0.3) is 0 Å². The summed E-state index contributed by atoms with van der Waals surface area (Å²) >= 11 is 0. The lowest BCUT2D eigenvalue weighted by atomic mass is 10.0. The summed E-state index contributed by atoms with van der Waals surface area (Å²) in [5.41, 5.74) is 0. The molecule has 4 heterocycles. The molecule has 0 saturated carbocycles. The predicted octanol–water partition coefficient (Wildman–Crippen LogP) is -6.24. The Morgan fingerprint density at radius 1 is 0.623 bits per heavy atom. The molecule has 14 N–H and O–H groups in total. The van der Waals surface area contributed by atoms with Crippen molar-refractivity contribution in [3.63, 3.8) is 0 Å². The van der Waals surface area contributed by atoms with Crippen molar-refractivity contribution >= 4 is 5.97 Å². The fourth-order valence-corrected chi connectivity index (χ4v) is 6.51. The summed E-state index contributed by atoms with van der Waals surface area (Å²) in [6.45, 7) is -1.05. The Morgan fingerprint density at radius 2 is 1.20 bits per heavy atom. The molecule has 4 aliphatic rings. The van der Waals surface area contributed by atoms with Crippen molar-refractivity contribution in [1.82, 2.24) is 0 Å². The smallest absolute Gasteiger partial charge is 0.306 e. The van der Waals surface area contributed by atoms with Gasteiger partial charge in [-0.05, 0) is 6.92 Å². The molecule has 20 atom stereocenters. The van der Waals surface area contributed by atoms with Gasteiger partial charge in [-0.3, -0.25) is 4.79 Å². The van der Waals surface area contributed by atoms with Crippen LogP contribution in [0.1, 0.15) is 13.3 Å². The topological polar surface area (TPSA) is 411 Å². The van der Waals surface area contributed by atoms with Crippen molar-refractivity contribution in [2.45, 2.75) is 137 Å². The van der Waals surface area contributed by atoms with Crippen molar-refractivity contribution in [1.29, 1.82) is 0 Å². The Hall–Kier alpha value is -2.69. The molecule has 0 spiro atoms. The van der Waals surface area contributed by atoms with Gasteiger partial charge in [-0.2, -0.15) is 0 Å². The van der Waals surface area contributed by atoms with Crippen molar-refractivity contribution in [3.05, 3.63) is 23.0 Å². The lowest BCUT2D eigenvalue weighted by Gasteiger charge is -2.44. The molecule has 27 nitrogen and oxygen atoms in total.